The molecular formula is C14H28N2O3. The summed E-state index contributed by atoms with van der Waals surface area (Å²) in [5.74, 6) is 0.0166. The van der Waals surface area contributed by atoms with Crippen LogP contribution < -0.4 is 11.1 Å². The Morgan fingerprint density at radius 3 is 2.63 bits per heavy atom. The van der Waals surface area contributed by atoms with E-state index in [4.69, 9.17) is 15.2 Å². The molecule has 5 nitrogen and oxygen atoms in total. The topological polar surface area (TPSA) is 73.6 Å². The molecule has 19 heavy (non-hydrogen) atoms. The molecule has 0 bridgehead atoms. The molecule has 1 rings (SSSR count). The minimum atomic E-state index is -0.698. The van der Waals surface area contributed by atoms with Crippen LogP contribution in [-0.4, -0.2) is 43.9 Å². The molecule has 5 heteroatoms. The molecule has 3 N–H and O–H groups in total. The van der Waals surface area contributed by atoms with E-state index in [1.54, 1.807) is 0 Å². The van der Waals surface area contributed by atoms with Crippen molar-refractivity contribution >= 4 is 5.91 Å². The van der Waals surface area contributed by atoms with Gasteiger partial charge in [0.15, 0.2) is 0 Å². The first kappa shape index (κ1) is 16.4. The van der Waals surface area contributed by atoms with E-state index in [0.717, 1.165) is 25.8 Å². The van der Waals surface area contributed by atoms with Gasteiger partial charge in [0, 0.05) is 6.61 Å². The van der Waals surface area contributed by atoms with E-state index in [1.165, 1.54) is 0 Å². The number of hydrogen-bond acceptors (Lipinski definition) is 4. The predicted octanol–water partition coefficient (Wildman–Crippen LogP) is 1.06. The Hall–Kier alpha value is -0.650. The molecule has 0 heterocycles. The van der Waals surface area contributed by atoms with Crippen molar-refractivity contribution in [1.82, 2.24) is 5.32 Å². The van der Waals surface area contributed by atoms with Crippen molar-refractivity contribution < 1.29 is 14.3 Å². The number of hydrogen-bond donors (Lipinski definition) is 2. The van der Waals surface area contributed by atoms with Crippen LogP contribution in [0.5, 0.6) is 0 Å². The van der Waals surface area contributed by atoms with E-state index in [0.29, 0.717) is 25.7 Å². The van der Waals surface area contributed by atoms with Gasteiger partial charge in [0.05, 0.1) is 19.3 Å². The van der Waals surface area contributed by atoms with Crippen molar-refractivity contribution in [2.75, 3.05) is 26.4 Å². The molecule has 112 valence electrons. The summed E-state index contributed by atoms with van der Waals surface area (Å²) < 4.78 is 11.1. The maximum atomic E-state index is 11.9. The van der Waals surface area contributed by atoms with E-state index < -0.39 is 5.54 Å². The van der Waals surface area contributed by atoms with Gasteiger partial charge in [-0.05, 0) is 45.6 Å². The average Bonchev–Trinajstić information content (AvgIpc) is 3.21. The van der Waals surface area contributed by atoms with Crippen LogP contribution in [0.25, 0.3) is 0 Å². The van der Waals surface area contributed by atoms with E-state index >= 15 is 0 Å². The second kappa shape index (κ2) is 7.82. The smallest absolute Gasteiger partial charge is 0.240 e. The number of nitrogens with two attached hydrogens (primary N) is 1. The number of ether oxygens (including phenoxy) is 2. The van der Waals surface area contributed by atoms with Gasteiger partial charge in [-0.25, -0.2) is 0 Å². The minimum Gasteiger partial charge on any atom is -0.379 e. The number of amides is 1. The van der Waals surface area contributed by atoms with Crippen molar-refractivity contribution in [3.05, 3.63) is 0 Å². The molecule has 2 atom stereocenters. The van der Waals surface area contributed by atoms with Gasteiger partial charge in [-0.3, -0.25) is 4.79 Å². The minimum absolute atomic E-state index is 0.0270. The summed E-state index contributed by atoms with van der Waals surface area (Å²) in [6.45, 7) is 8.31. The highest BCUT2D eigenvalue weighted by Gasteiger charge is 2.49. The Balaban J connectivity index is 2.55. The largest absolute Gasteiger partial charge is 0.379 e. The van der Waals surface area contributed by atoms with E-state index in [2.05, 4.69) is 12.2 Å². The Morgan fingerprint density at radius 1 is 1.47 bits per heavy atom. The van der Waals surface area contributed by atoms with Crippen molar-refractivity contribution in [3.63, 3.8) is 0 Å². The SMILES string of the molecule is CCCNC(COC(C)COCC)(C(N)=O)C1CC1. The van der Waals surface area contributed by atoms with Crippen molar-refractivity contribution in [1.29, 1.82) is 0 Å². The Kier molecular flexibility index (Phi) is 6.75. The summed E-state index contributed by atoms with van der Waals surface area (Å²) in [7, 11) is 0. The zero-order valence-electron chi connectivity index (χ0n) is 12.4. The van der Waals surface area contributed by atoms with Crippen LogP contribution in [0.2, 0.25) is 0 Å². The molecule has 0 aromatic rings. The molecule has 1 aliphatic rings. The van der Waals surface area contributed by atoms with Gasteiger partial charge >= 0.3 is 0 Å². The van der Waals surface area contributed by atoms with E-state index in [9.17, 15) is 4.79 Å². The summed E-state index contributed by atoms with van der Waals surface area (Å²) in [5.41, 5.74) is 4.93. The molecule has 1 aliphatic carbocycles. The summed E-state index contributed by atoms with van der Waals surface area (Å²) in [6.07, 6.45) is 3.03. The Morgan fingerprint density at radius 2 is 2.16 bits per heavy atom. The van der Waals surface area contributed by atoms with Gasteiger partial charge in [-0.1, -0.05) is 6.92 Å². The molecule has 0 spiro atoms. The standard InChI is InChI=1S/C14H28N2O3/c1-4-8-16-14(13(15)17,12-6-7-12)10-19-11(3)9-18-5-2/h11-12,16H,4-10H2,1-3H3,(H2,15,17). The van der Waals surface area contributed by atoms with Gasteiger partial charge in [0.25, 0.3) is 0 Å². The number of nitrogens with one attached hydrogen (secondary N) is 1. The van der Waals surface area contributed by atoms with Gasteiger partial charge in [0.1, 0.15) is 5.54 Å². The first-order valence-electron chi connectivity index (χ1n) is 7.31. The summed E-state index contributed by atoms with van der Waals surface area (Å²) in [6, 6.07) is 0. The number of carbonyl (C=O) groups is 1. The normalized spacial score (nSPS) is 19.9. The lowest BCUT2D eigenvalue weighted by atomic mass is 9.93. The van der Waals surface area contributed by atoms with Crippen molar-refractivity contribution in [2.24, 2.45) is 11.7 Å². The van der Waals surface area contributed by atoms with Crippen LogP contribution in [0.3, 0.4) is 0 Å². The van der Waals surface area contributed by atoms with Crippen molar-refractivity contribution in [3.8, 4) is 0 Å². The maximum absolute atomic E-state index is 11.9. The zero-order chi connectivity index (χ0) is 14.3. The van der Waals surface area contributed by atoms with Gasteiger partial charge in [0.2, 0.25) is 5.91 Å². The molecule has 0 aromatic carbocycles. The molecule has 2 unspecified atom stereocenters. The fourth-order valence-electron chi connectivity index (χ4n) is 2.20. The van der Waals surface area contributed by atoms with Crippen LogP contribution >= 0.6 is 0 Å². The Bertz CT molecular complexity index is 282. The highest BCUT2D eigenvalue weighted by atomic mass is 16.5. The lowest BCUT2D eigenvalue weighted by molar-refractivity contribution is -0.130. The Labute approximate surface area is 116 Å². The first-order chi connectivity index (χ1) is 9.06. The third kappa shape index (κ3) is 4.75. The molecule has 0 saturated heterocycles. The van der Waals surface area contributed by atoms with Crippen LogP contribution in [0.15, 0.2) is 0 Å². The second-order valence-electron chi connectivity index (χ2n) is 5.32. The molecule has 1 fully saturated rings. The number of carbonyl (C=O) groups excluding carboxylic acids is 1. The molecule has 0 radical (unpaired) electrons. The van der Waals surface area contributed by atoms with Crippen LogP contribution in [0, 0.1) is 5.92 Å². The zero-order valence-corrected chi connectivity index (χ0v) is 12.4. The van der Waals surface area contributed by atoms with Crippen LogP contribution in [0.4, 0.5) is 0 Å². The maximum Gasteiger partial charge on any atom is 0.240 e. The van der Waals surface area contributed by atoms with Crippen LogP contribution in [0.1, 0.15) is 40.0 Å². The number of rotatable bonds is 11. The molecule has 1 saturated carbocycles. The van der Waals surface area contributed by atoms with E-state index in [1.807, 2.05) is 13.8 Å². The summed E-state index contributed by atoms with van der Waals surface area (Å²) in [5, 5.41) is 3.32. The monoisotopic (exact) mass is 272 g/mol. The molecule has 0 aromatic heterocycles. The van der Waals surface area contributed by atoms with Gasteiger partial charge < -0.3 is 20.5 Å². The first-order valence-corrected chi connectivity index (χ1v) is 7.31. The highest BCUT2D eigenvalue weighted by molar-refractivity contribution is 5.85. The van der Waals surface area contributed by atoms with Gasteiger partial charge in [-0.15, -0.1) is 0 Å². The average molecular weight is 272 g/mol. The number of primary amides is 1. The molecular weight excluding hydrogens is 244 g/mol. The summed E-state index contributed by atoms with van der Waals surface area (Å²) >= 11 is 0. The van der Waals surface area contributed by atoms with Crippen LogP contribution in [-0.2, 0) is 14.3 Å². The summed E-state index contributed by atoms with van der Waals surface area (Å²) in [4.78, 5) is 11.9. The highest BCUT2D eigenvalue weighted by Crippen LogP contribution is 2.40. The fourth-order valence-corrected chi connectivity index (χ4v) is 2.20. The fraction of sp³-hybridized carbons (Fsp3) is 0.929. The third-order valence-electron chi connectivity index (χ3n) is 3.56. The van der Waals surface area contributed by atoms with Crippen molar-refractivity contribution in [2.45, 2.75) is 51.7 Å². The molecule has 0 aliphatic heterocycles. The van der Waals surface area contributed by atoms with Gasteiger partial charge in [-0.2, -0.15) is 0 Å². The predicted molar refractivity (Wildman–Crippen MR) is 74.9 cm³/mol. The lowest BCUT2D eigenvalue weighted by Crippen LogP contribution is -2.61. The van der Waals surface area contributed by atoms with E-state index in [-0.39, 0.29) is 12.0 Å². The lowest BCUT2D eigenvalue weighted by Gasteiger charge is -2.33. The third-order valence-corrected chi connectivity index (χ3v) is 3.56. The quantitative estimate of drug-likeness (QED) is 0.590. The molecule has 1 amide bonds. The second-order valence-corrected chi connectivity index (χ2v) is 5.32.